The van der Waals surface area contributed by atoms with Gasteiger partial charge in [0.05, 0.1) is 17.7 Å². The van der Waals surface area contributed by atoms with Crippen LogP contribution in [0.25, 0.3) is 11.6 Å². The molecule has 0 unspecified atom stereocenters. The van der Waals surface area contributed by atoms with E-state index in [2.05, 4.69) is 4.99 Å². The highest BCUT2D eigenvalue weighted by molar-refractivity contribution is 7.73. The zero-order valence-corrected chi connectivity index (χ0v) is 17.4. The molecular formula is C19H18N2O6S2. The summed E-state index contributed by atoms with van der Waals surface area (Å²) in [6.07, 6.45) is 1.47. The fourth-order valence-electron chi connectivity index (χ4n) is 3.13. The van der Waals surface area contributed by atoms with Gasteiger partial charge in [0, 0.05) is 17.2 Å². The Morgan fingerprint density at radius 2 is 2.00 bits per heavy atom. The largest absolute Gasteiger partial charge is 0.497 e. The summed E-state index contributed by atoms with van der Waals surface area (Å²) in [6, 6.07) is 3.93. The highest BCUT2D eigenvalue weighted by atomic mass is 32.1. The van der Waals surface area contributed by atoms with E-state index in [4.69, 9.17) is 17.0 Å². The molecule has 1 aromatic carbocycles. The molecule has 3 rings (SSSR count). The number of fused-ring (bicyclic) bond motifs is 1. The molecule has 1 aromatic heterocycles. The number of aromatic nitrogens is 1. The van der Waals surface area contributed by atoms with Crippen LogP contribution < -0.4 is 4.74 Å². The van der Waals surface area contributed by atoms with Gasteiger partial charge in [-0.1, -0.05) is 13.8 Å². The number of aliphatic imine (C=N–C) groups is 1. The number of carbonyl (C=O) groups is 2. The molecule has 1 atom stereocenters. The number of hydrogen-bond donors (Lipinski definition) is 3. The van der Waals surface area contributed by atoms with Gasteiger partial charge in [-0.25, -0.2) is 14.6 Å². The van der Waals surface area contributed by atoms with Crippen molar-refractivity contribution in [3.05, 3.63) is 32.6 Å². The SMILES string of the molecule is COc1ccc2c(c1)N=C(C(=O)O)C2=Cc1sc(=S)n([C@@H](C(=O)O)C(C)C)c1O. The molecule has 2 aromatic rings. The number of methoxy groups -OCH3 is 1. The van der Waals surface area contributed by atoms with Crippen molar-refractivity contribution in [2.24, 2.45) is 10.9 Å². The molecule has 0 radical (unpaired) electrons. The average Bonchev–Trinajstić information content (AvgIpc) is 3.14. The topological polar surface area (TPSA) is 121 Å². The minimum absolute atomic E-state index is 0.178. The second-order valence-corrected chi connectivity index (χ2v) is 8.34. The minimum Gasteiger partial charge on any atom is -0.497 e. The van der Waals surface area contributed by atoms with Crippen LogP contribution in [0.3, 0.4) is 0 Å². The van der Waals surface area contributed by atoms with Gasteiger partial charge in [-0.3, -0.25) is 4.57 Å². The van der Waals surface area contributed by atoms with E-state index in [0.29, 0.717) is 22.6 Å². The van der Waals surface area contributed by atoms with E-state index in [9.17, 15) is 24.9 Å². The lowest BCUT2D eigenvalue weighted by molar-refractivity contribution is -0.142. The summed E-state index contributed by atoms with van der Waals surface area (Å²) in [5.74, 6) is -2.45. The monoisotopic (exact) mass is 434 g/mol. The lowest BCUT2D eigenvalue weighted by atomic mass is 10.0. The summed E-state index contributed by atoms with van der Waals surface area (Å²) in [4.78, 5) is 27.8. The maximum atomic E-state index is 11.7. The number of carboxylic acid groups (broad SMARTS) is 2. The molecule has 8 nitrogen and oxygen atoms in total. The van der Waals surface area contributed by atoms with Gasteiger partial charge < -0.3 is 20.1 Å². The molecule has 0 saturated carbocycles. The molecule has 1 aliphatic rings. The third-order valence-electron chi connectivity index (χ3n) is 4.47. The molecule has 2 heterocycles. The second kappa shape index (κ2) is 7.80. The van der Waals surface area contributed by atoms with Crippen LogP contribution in [0.1, 0.15) is 30.3 Å². The van der Waals surface area contributed by atoms with Crippen molar-refractivity contribution in [3.63, 3.8) is 0 Å². The second-order valence-electron chi connectivity index (χ2n) is 6.66. The first-order chi connectivity index (χ1) is 13.6. The van der Waals surface area contributed by atoms with Crippen LogP contribution in [0, 0.1) is 9.87 Å². The zero-order chi connectivity index (χ0) is 21.5. The van der Waals surface area contributed by atoms with Crippen molar-refractivity contribution in [1.29, 1.82) is 0 Å². The molecule has 0 fully saturated rings. The number of aliphatic carboxylic acids is 2. The van der Waals surface area contributed by atoms with E-state index in [-0.39, 0.29) is 26.3 Å². The van der Waals surface area contributed by atoms with Crippen molar-refractivity contribution in [3.8, 4) is 11.6 Å². The lowest BCUT2D eigenvalue weighted by Crippen LogP contribution is -2.23. The number of aromatic hydroxyl groups is 1. The number of benzene rings is 1. The number of thiazole rings is 1. The molecule has 0 bridgehead atoms. The maximum absolute atomic E-state index is 11.7. The van der Waals surface area contributed by atoms with Crippen LogP contribution in [0.2, 0.25) is 0 Å². The molecule has 29 heavy (non-hydrogen) atoms. The highest BCUT2D eigenvalue weighted by Crippen LogP contribution is 2.41. The third-order valence-corrected chi connectivity index (χ3v) is 5.80. The predicted molar refractivity (Wildman–Crippen MR) is 112 cm³/mol. The summed E-state index contributed by atoms with van der Waals surface area (Å²) < 4.78 is 6.51. The van der Waals surface area contributed by atoms with E-state index < -0.39 is 18.0 Å². The Morgan fingerprint density at radius 1 is 1.31 bits per heavy atom. The quantitative estimate of drug-likeness (QED) is 0.588. The van der Waals surface area contributed by atoms with Crippen LogP contribution in [-0.2, 0) is 9.59 Å². The molecule has 1 aliphatic heterocycles. The van der Waals surface area contributed by atoms with Gasteiger partial charge in [-0.2, -0.15) is 0 Å². The van der Waals surface area contributed by atoms with Crippen molar-refractivity contribution in [1.82, 2.24) is 4.57 Å². The number of nitrogens with zero attached hydrogens (tertiary/aromatic N) is 2. The van der Waals surface area contributed by atoms with Crippen LogP contribution in [0.4, 0.5) is 5.69 Å². The molecule has 0 spiro atoms. The molecule has 10 heteroatoms. The number of carboxylic acids is 2. The van der Waals surface area contributed by atoms with E-state index in [1.165, 1.54) is 17.8 Å². The van der Waals surface area contributed by atoms with Gasteiger partial charge in [0.1, 0.15) is 11.8 Å². The third kappa shape index (κ3) is 3.68. The van der Waals surface area contributed by atoms with Gasteiger partial charge in [-0.05, 0) is 36.3 Å². The van der Waals surface area contributed by atoms with E-state index >= 15 is 0 Å². The standard InChI is InChI=1S/C19H18N2O6S2/c1-8(2)15(18(25)26)21-16(22)13(29-19(21)28)7-11-10-5-4-9(27-3)6-12(10)20-14(11)17(23)24/h4-8,15,22H,1-3H3,(H,23,24)(H,25,26)/t15-/m1/s1. The Kier molecular flexibility index (Phi) is 5.58. The van der Waals surface area contributed by atoms with Gasteiger partial charge >= 0.3 is 11.9 Å². The predicted octanol–water partition coefficient (Wildman–Crippen LogP) is 3.99. The fourth-order valence-corrected chi connectivity index (χ4v) is 4.46. The molecule has 3 N–H and O–H groups in total. The zero-order valence-electron chi connectivity index (χ0n) is 15.7. The van der Waals surface area contributed by atoms with Gasteiger partial charge in [0.2, 0.25) is 5.88 Å². The van der Waals surface area contributed by atoms with E-state index in [0.717, 1.165) is 11.3 Å². The van der Waals surface area contributed by atoms with Crippen LogP contribution in [-0.4, -0.2) is 44.6 Å². The fraction of sp³-hybridized carbons (Fsp3) is 0.263. The molecule has 152 valence electrons. The number of rotatable bonds is 6. The first-order valence-electron chi connectivity index (χ1n) is 8.55. The molecule has 0 amide bonds. The Hall–Kier alpha value is -2.98. The summed E-state index contributed by atoms with van der Waals surface area (Å²) in [5, 5.41) is 29.8. The Balaban J connectivity index is 2.17. The van der Waals surface area contributed by atoms with E-state index in [1.54, 1.807) is 32.0 Å². The van der Waals surface area contributed by atoms with Crippen LogP contribution in [0.15, 0.2) is 23.2 Å². The Bertz CT molecular complexity index is 1130. The molecular weight excluding hydrogens is 416 g/mol. The maximum Gasteiger partial charge on any atom is 0.355 e. The molecule has 0 aliphatic carbocycles. The highest BCUT2D eigenvalue weighted by Gasteiger charge is 2.30. The summed E-state index contributed by atoms with van der Waals surface area (Å²) in [5.41, 5.74) is 1.11. The number of hydrogen-bond acceptors (Lipinski definition) is 7. The minimum atomic E-state index is -1.22. The normalized spacial score (nSPS) is 15.3. The van der Waals surface area contributed by atoms with Crippen LogP contribution in [0.5, 0.6) is 11.6 Å². The average molecular weight is 434 g/mol. The van der Waals surface area contributed by atoms with E-state index in [1.807, 2.05) is 0 Å². The molecule has 0 saturated heterocycles. The van der Waals surface area contributed by atoms with Gasteiger partial charge in [0.15, 0.2) is 9.67 Å². The summed E-state index contributed by atoms with van der Waals surface area (Å²) >= 11 is 6.28. The Labute approximate surface area is 175 Å². The number of ether oxygens (including phenoxy) is 1. The van der Waals surface area contributed by atoms with Crippen molar-refractivity contribution >= 4 is 58.5 Å². The van der Waals surface area contributed by atoms with Crippen LogP contribution >= 0.6 is 23.6 Å². The lowest BCUT2D eigenvalue weighted by Gasteiger charge is -2.18. The van der Waals surface area contributed by atoms with Crippen molar-refractivity contribution < 1.29 is 29.6 Å². The smallest absolute Gasteiger partial charge is 0.355 e. The van der Waals surface area contributed by atoms with Gasteiger partial charge in [0.25, 0.3) is 0 Å². The van der Waals surface area contributed by atoms with Crippen molar-refractivity contribution in [2.45, 2.75) is 19.9 Å². The van der Waals surface area contributed by atoms with Crippen molar-refractivity contribution in [2.75, 3.05) is 7.11 Å². The Morgan fingerprint density at radius 3 is 2.55 bits per heavy atom. The first-order valence-corrected chi connectivity index (χ1v) is 9.77. The first kappa shape index (κ1) is 20.7. The summed E-state index contributed by atoms with van der Waals surface area (Å²) in [7, 11) is 1.50. The van der Waals surface area contributed by atoms with Gasteiger partial charge in [-0.15, -0.1) is 11.3 Å². The summed E-state index contributed by atoms with van der Waals surface area (Å²) in [6.45, 7) is 3.43.